The van der Waals surface area contributed by atoms with E-state index in [0.717, 1.165) is 29.7 Å². The van der Waals surface area contributed by atoms with E-state index < -0.39 is 0 Å². The van der Waals surface area contributed by atoms with Gasteiger partial charge in [-0.1, -0.05) is 0 Å². The summed E-state index contributed by atoms with van der Waals surface area (Å²) in [6.45, 7) is 9.43. The third-order valence-electron chi connectivity index (χ3n) is 3.55. The Labute approximate surface area is 130 Å². The molecule has 0 aliphatic rings. The van der Waals surface area contributed by atoms with E-state index in [2.05, 4.69) is 22.4 Å². The fourth-order valence-corrected chi connectivity index (χ4v) is 2.47. The molecule has 0 bridgehead atoms. The van der Waals surface area contributed by atoms with Gasteiger partial charge in [0.15, 0.2) is 0 Å². The second-order valence-corrected chi connectivity index (χ2v) is 5.15. The van der Waals surface area contributed by atoms with E-state index >= 15 is 0 Å². The van der Waals surface area contributed by atoms with E-state index in [1.165, 1.54) is 0 Å². The molecule has 2 heterocycles. The molecule has 22 heavy (non-hydrogen) atoms. The molecule has 1 amide bonds. The van der Waals surface area contributed by atoms with Gasteiger partial charge in [0, 0.05) is 32.7 Å². The summed E-state index contributed by atoms with van der Waals surface area (Å²) in [6.07, 6.45) is 3.08. The van der Waals surface area contributed by atoms with Crippen molar-refractivity contribution in [2.45, 2.75) is 46.7 Å². The average Bonchev–Trinajstić information content (AvgIpc) is 3.06. The van der Waals surface area contributed by atoms with Gasteiger partial charge in [-0.3, -0.25) is 14.2 Å². The van der Waals surface area contributed by atoms with Crippen molar-refractivity contribution in [3.63, 3.8) is 0 Å². The number of carbonyl (C=O) groups is 1. The molecule has 122 valence electrons. The highest BCUT2D eigenvalue weighted by atomic mass is 16.5. The van der Waals surface area contributed by atoms with Crippen molar-refractivity contribution in [1.29, 1.82) is 0 Å². The summed E-state index contributed by atoms with van der Waals surface area (Å²) in [5, 5.41) is 11.8. The number of nitrogens with one attached hydrogen (secondary N) is 1. The van der Waals surface area contributed by atoms with E-state index in [1.54, 1.807) is 0 Å². The third-order valence-corrected chi connectivity index (χ3v) is 3.55. The summed E-state index contributed by atoms with van der Waals surface area (Å²) < 4.78 is 9.03. The summed E-state index contributed by atoms with van der Waals surface area (Å²) in [5.74, 6) is 0.0423. The lowest BCUT2D eigenvalue weighted by atomic mass is 10.3. The van der Waals surface area contributed by atoms with Crippen LogP contribution < -0.4 is 5.32 Å². The molecule has 2 rings (SSSR count). The van der Waals surface area contributed by atoms with Gasteiger partial charge in [0.25, 0.3) is 0 Å². The Kier molecular flexibility index (Phi) is 5.94. The molecule has 0 aromatic carbocycles. The molecule has 0 aliphatic heterocycles. The number of carbonyl (C=O) groups excluding carboxylic acids is 1. The number of fused-ring (bicyclic) bond motifs is 1. The molecule has 0 saturated heterocycles. The van der Waals surface area contributed by atoms with Crippen molar-refractivity contribution >= 4 is 16.9 Å². The molecular weight excluding hydrogens is 282 g/mol. The lowest BCUT2D eigenvalue weighted by Crippen LogP contribution is -2.26. The van der Waals surface area contributed by atoms with Crippen molar-refractivity contribution in [2.75, 3.05) is 19.8 Å². The van der Waals surface area contributed by atoms with Gasteiger partial charge in [-0.25, -0.2) is 0 Å². The lowest BCUT2D eigenvalue weighted by molar-refractivity contribution is -0.121. The molecule has 0 aliphatic carbocycles. The molecule has 2 aromatic heterocycles. The second-order valence-electron chi connectivity index (χ2n) is 5.15. The Bertz CT molecular complexity index is 617. The monoisotopic (exact) mass is 307 g/mol. The van der Waals surface area contributed by atoms with Crippen LogP contribution in [-0.4, -0.2) is 45.2 Å². The minimum atomic E-state index is 0.0423. The second kappa shape index (κ2) is 7.93. The minimum absolute atomic E-state index is 0.0423. The number of nitrogens with zero attached hydrogens (tertiary/aromatic N) is 4. The zero-order valence-electron chi connectivity index (χ0n) is 13.6. The first-order valence-corrected chi connectivity index (χ1v) is 7.90. The van der Waals surface area contributed by atoms with Gasteiger partial charge in [-0.05, 0) is 27.2 Å². The number of rotatable bonds is 9. The summed E-state index contributed by atoms with van der Waals surface area (Å²) in [6, 6.07) is 0. The van der Waals surface area contributed by atoms with Crippen molar-refractivity contribution in [2.24, 2.45) is 0 Å². The number of hydrogen-bond acceptors (Lipinski definition) is 4. The molecule has 0 spiro atoms. The molecule has 0 fully saturated rings. The number of aryl methyl sites for hydroxylation is 3. The van der Waals surface area contributed by atoms with Crippen molar-refractivity contribution in [3.05, 3.63) is 11.9 Å². The topological polar surface area (TPSA) is 74.0 Å². The standard InChI is InChI=1S/C15H25N5O2/c1-4-19-13-11-17-20(15(13)12(3)18-19)9-7-14(21)16-8-6-10-22-5-2/h11H,4-10H2,1-3H3,(H,16,21). The number of amides is 1. The predicted molar refractivity (Wildman–Crippen MR) is 84.7 cm³/mol. The van der Waals surface area contributed by atoms with Crippen molar-refractivity contribution < 1.29 is 9.53 Å². The molecule has 2 aromatic rings. The molecule has 0 atom stereocenters. The SMILES string of the molecule is CCOCCCNC(=O)CCn1ncc2c1c(C)nn2CC. The first kappa shape index (κ1) is 16.5. The van der Waals surface area contributed by atoms with Crippen LogP contribution in [-0.2, 0) is 22.6 Å². The van der Waals surface area contributed by atoms with Gasteiger partial charge in [0.1, 0.15) is 11.0 Å². The average molecular weight is 307 g/mol. The van der Waals surface area contributed by atoms with Crippen LogP contribution in [0.2, 0.25) is 0 Å². The summed E-state index contributed by atoms with van der Waals surface area (Å²) >= 11 is 0. The van der Waals surface area contributed by atoms with Crippen LogP contribution in [0.3, 0.4) is 0 Å². The Balaban J connectivity index is 1.84. The molecule has 0 unspecified atom stereocenters. The van der Waals surface area contributed by atoms with Crippen molar-refractivity contribution in [3.8, 4) is 0 Å². The van der Waals surface area contributed by atoms with Crippen LogP contribution >= 0.6 is 0 Å². The van der Waals surface area contributed by atoms with Crippen LogP contribution in [0.5, 0.6) is 0 Å². The highest BCUT2D eigenvalue weighted by molar-refractivity contribution is 5.78. The van der Waals surface area contributed by atoms with Crippen LogP contribution in [0.25, 0.3) is 11.0 Å². The number of hydrogen-bond donors (Lipinski definition) is 1. The van der Waals surface area contributed by atoms with Gasteiger partial charge in [0.05, 0.1) is 18.4 Å². The maximum absolute atomic E-state index is 11.8. The predicted octanol–water partition coefficient (Wildman–Crippen LogP) is 1.49. The largest absolute Gasteiger partial charge is 0.382 e. The molecule has 7 nitrogen and oxygen atoms in total. The van der Waals surface area contributed by atoms with Crippen LogP contribution in [0, 0.1) is 6.92 Å². The summed E-state index contributed by atoms with van der Waals surface area (Å²) in [4.78, 5) is 11.8. The smallest absolute Gasteiger partial charge is 0.221 e. The maximum atomic E-state index is 11.8. The molecule has 1 N–H and O–H groups in total. The zero-order chi connectivity index (χ0) is 15.9. The van der Waals surface area contributed by atoms with E-state index in [1.807, 2.05) is 29.4 Å². The zero-order valence-corrected chi connectivity index (χ0v) is 13.6. The third kappa shape index (κ3) is 3.85. The summed E-state index contributed by atoms with van der Waals surface area (Å²) in [5.41, 5.74) is 2.99. The van der Waals surface area contributed by atoms with Gasteiger partial charge < -0.3 is 10.1 Å². The molecule has 7 heteroatoms. The van der Waals surface area contributed by atoms with Gasteiger partial charge >= 0.3 is 0 Å². The Morgan fingerprint density at radius 1 is 1.36 bits per heavy atom. The van der Waals surface area contributed by atoms with E-state index in [0.29, 0.717) is 32.7 Å². The lowest BCUT2D eigenvalue weighted by Gasteiger charge is -2.06. The summed E-state index contributed by atoms with van der Waals surface area (Å²) in [7, 11) is 0. The Hall–Kier alpha value is -1.89. The number of ether oxygens (including phenoxy) is 1. The molecular formula is C15H25N5O2. The molecule has 0 saturated carbocycles. The minimum Gasteiger partial charge on any atom is -0.382 e. The van der Waals surface area contributed by atoms with Gasteiger partial charge in [-0.2, -0.15) is 10.2 Å². The highest BCUT2D eigenvalue weighted by Gasteiger charge is 2.13. The van der Waals surface area contributed by atoms with E-state index in [9.17, 15) is 4.79 Å². The van der Waals surface area contributed by atoms with Crippen LogP contribution in [0.4, 0.5) is 0 Å². The number of aromatic nitrogens is 4. The fraction of sp³-hybridized carbons (Fsp3) is 0.667. The van der Waals surface area contributed by atoms with Gasteiger partial charge in [-0.15, -0.1) is 0 Å². The quantitative estimate of drug-likeness (QED) is 0.712. The molecule has 0 radical (unpaired) electrons. The van der Waals surface area contributed by atoms with Gasteiger partial charge in [0.2, 0.25) is 5.91 Å². The Morgan fingerprint density at radius 2 is 2.18 bits per heavy atom. The fourth-order valence-electron chi connectivity index (χ4n) is 2.47. The van der Waals surface area contributed by atoms with E-state index in [4.69, 9.17) is 4.74 Å². The van der Waals surface area contributed by atoms with Crippen LogP contribution in [0.15, 0.2) is 6.20 Å². The normalized spacial score (nSPS) is 11.2. The first-order valence-electron chi connectivity index (χ1n) is 7.90. The van der Waals surface area contributed by atoms with E-state index in [-0.39, 0.29) is 5.91 Å². The van der Waals surface area contributed by atoms with Crippen LogP contribution in [0.1, 0.15) is 32.4 Å². The highest BCUT2D eigenvalue weighted by Crippen LogP contribution is 2.17. The first-order chi connectivity index (χ1) is 10.7. The Morgan fingerprint density at radius 3 is 2.91 bits per heavy atom. The maximum Gasteiger partial charge on any atom is 0.221 e. The van der Waals surface area contributed by atoms with Crippen molar-refractivity contribution in [1.82, 2.24) is 24.9 Å².